The summed E-state index contributed by atoms with van der Waals surface area (Å²) in [7, 11) is 0. The van der Waals surface area contributed by atoms with Gasteiger partial charge in [-0.05, 0) is 31.2 Å². The summed E-state index contributed by atoms with van der Waals surface area (Å²) in [5, 5.41) is 7.86. The van der Waals surface area contributed by atoms with Gasteiger partial charge in [0.05, 0.1) is 15.7 Å². The van der Waals surface area contributed by atoms with Crippen LogP contribution in [0.15, 0.2) is 30.5 Å². The first kappa shape index (κ1) is 13.9. The monoisotopic (exact) mass is 297 g/mol. The number of benzene rings is 1. The molecule has 0 radical (unpaired) electrons. The number of aryl methyl sites for hydroxylation is 2. The lowest BCUT2D eigenvalue weighted by Crippen LogP contribution is -2.14. The standard InChI is InChI=1S/C13H13Cl2N3O/c1-9-4-6-18(17-9)7-5-13(19)16-10-2-3-11(14)12(15)8-10/h2-4,6,8H,5,7H2,1H3,(H,16,19). The number of nitrogens with one attached hydrogen (secondary N) is 1. The number of hydrogen-bond donors (Lipinski definition) is 1. The minimum Gasteiger partial charge on any atom is -0.326 e. The van der Waals surface area contributed by atoms with E-state index >= 15 is 0 Å². The van der Waals surface area contributed by atoms with Crippen LogP contribution in [0.25, 0.3) is 0 Å². The molecular formula is C13H13Cl2N3O. The average molecular weight is 298 g/mol. The summed E-state index contributed by atoms with van der Waals surface area (Å²) >= 11 is 11.7. The third kappa shape index (κ3) is 3.98. The van der Waals surface area contributed by atoms with Crippen LogP contribution in [0.2, 0.25) is 10.0 Å². The number of hydrogen-bond acceptors (Lipinski definition) is 2. The lowest BCUT2D eigenvalue weighted by Gasteiger charge is -2.06. The first-order chi connectivity index (χ1) is 9.04. The number of halogens is 2. The lowest BCUT2D eigenvalue weighted by molar-refractivity contribution is -0.116. The maximum absolute atomic E-state index is 11.8. The maximum Gasteiger partial charge on any atom is 0.226 e. The highest BCUT2D eigenvalue weighted by molar-refractivity contribution is 6.42. The fourth-order valence-electron chi connectivity index (χ4n) is 1.60. The van der Waals surface area contributed by atoms with Crippen molar-refractivity contribution in [1.82, 2.24) is 9.78 Å². The fourth-order valence-corrected chi connectivity index (χ4v) is 1.90. The number of anilines is 1. The van der Waals surface area contributed by atoms with Crippen molar-refractivity contribution in [2.75, 3.05) is 5.32 Å². The van der Waals surface area contributed by atoms with Gasteiger partial charge in [-0.1, -0.05) is 23.2 Å². The summed E-state index contributed by atoms with van der Waals surface area (Å²) in [4.78, 5) is 11.8. The Bertz CT molecular complexity index is 595. The predicted octanol–water partition coefficient (Wildman–Crippen LogP) is 3.53. The Kier molecular flexibility index (Phi) is 4.45. The van der Waals surface area contributed by atoms with Crippen LogP contribution in [-0.2, 0) is 11.3 Å². The zero-order valence-electron chi connectivity index (χ0n) is 10.4. The van der Waals surface area contributed by atoms with E-state index in [0.717, 1.165) is 5.69 Å². The average Bonchev–Trinajstić information content (AvgIpc) is 2.77. The Balaban J connectivity index is 1.88. The van der Waals surface area contributed by atoms with E-state index in [4.69, 9.17) is 23.2 Å². The van der Waals surface area contributed by atoms with Gasteiger partial charge < -0.3 is 5.32 Å². The highest BCUT2D eigenvalue weighted by Crippen LogP contribution is 2.24. The highest BCUT2D eigenvalue weighted by Gasteiger charge is 2.05. The number of aromatic nitrogens is 2. The van der Waals surface area contributed by atoms with Gasteiger partial charge in [-0.3, -0.25) is 9.48 Å². The van der Waals surface area contributed by atoms with Crippen molar-refractivity contribution < 1.29 is 4.79 Å². The molecule has 1 aromatic heterocycles. The molecule has 1 N–H and O–H groups in total. The van der Waals surface area contributed by atoms with Crippen LogP contribution in [0, 0.1) is 6.92 Å². The van der Waals surface area contributed by atoms with E-state index in [2.05, 4.69) is 10.4 Å². The molecule has 0 unspecified atom stereocenters. The van der Waals surface area contributed by atoms with Gasteiger partial charge in [0, 0.05) is 24.8 Å². The van der Waals surface area contributed by atoms with E-state index < -0.39 is 0 Å². The van der Waals surface area contributed by atoms with Crippen molar-refractivity contribution in [1.29, 1.82) is 0 Å². The summed E-state index contributed by atoms with van der Waals surface area (Å²) in [6.07, 6.45) is 2.20. The van der Waals surface area contributed by atoms with Gasteiger partial charge >= 0.3 is 0 Å². The molecule has 6 heteroatoms. The van der Waals surface area contributed by atoms with Crippen LogP contribution in [-0.4, -0.2) is 15.7 Å². The lowest BCUT2D eigenvalue weighted by atomic mass is 10.3. The predicted molar refractivity (Wildman–Crippen MR) is 76.7 cm³/mol. The first-order valence-electron chi connectivity index (χ1n) is 5.79. The molecule has 0 aliphatic carbocycles. The maximum atomic E-state index is 11.8. The molecule has 0 atom stereocenters. The molecule has 0 aliphatic rings. The molecule has 19 heavy (non-hydrogen) atoms. The zero-order chi connectivity index (χ0) is 13.8. The van der Waals surface area contributed by atoms with Gasteiger partial charge in [0.25, 0.3) is 0 Å². The molecule has 0 saturated carbocycles. The smallest absolute Gasteiger partial charge is 0.226 e. The van der Waals surface area contributed by atoms with E-state index in [1.165, 1.54) is 0 Å². The van der Waals surface area contributed by atoms with E-state index in [1.807, 2.05) is 19.2 Å². The number of amides is 1. The Morgan fingerprint density at radius 3 is 2.74 bits per heavy atom. The molecule has 2 rings (SSSR count). The van der Waals surface area contributed by atoms with E-state index in [0.29, 0.717) is 28.7 Å². The number of carbonyl (C=O) groups is 1. The molecule has 0 fully saturated rings. The van der Waals surface area contributed by atoms with Crippen molar-refractivity contribution in [3.8, 4) is 0 Å². The molecule has 4 nitrogen and oxygen atoms in total. The second kappa shape index (κ2) is 6.08. The van der Waals surface area contributed by atoms with E-state index in [9.17, 15) is 4.79 Å². The normalized spacial score (nSPS) is 10.5. The number of nitrogens with zero attached hydrogens (tertiary/aromatic N) is 2. The van der Waals surface area contributed by atoms with Crippen LogP contribution in [0.3, 0.4) is 0 Å². The van der Waals surface area contributed by atoms with Gasteiger partial charge in [-0.25, -0.2) is 0 Å². The largest absolute Gasteiger partial charge is 0.326 e. The Morgan fingerprint density at radius 1 is 1.32 bits per heavy atom. The minimum absolute atomic E-state index is 0.0912. The third-order valence-corrected chi connectivity index (χ3v) is 3.28. The van der Waals surface area contributed by atoms with Crippen molar-refractivity contribution in [3.05, 3.63) is 46.2 Å². The minimum atomic E-state index is -0.0912. The Labute approximate surface area is 121 Å². The summed E-state index contributed by atoms with van der Waals surface area (Å²) in [5.74, 6) is -0.0912. The van der Waals surface area contributed by atoms with Crippen LogP contribution < -0.4 is 5.32 Å². The van der Waals surface area contributed by atoms with Gasteiger partial charge in [0.1, 0.15) is 0 Å². The van der Waals surface area contributed by atoms with Crippen LogP contribution in [0.5, 0.6) is 0 Å². The van der Waals surface area contributed by atoms with Crippen molar-refractivity contribution >= 4 is 34.8 Å². The second-order valence-corrected chi connectivity index (χ2v) is 4.96. The summed E-state index contributed by atoms with van der Waals surface area (Å²) < 4.78 is 1.74. The molecule has 2 aromatic rings. The quantitative estimate of drug-likeness (QED) is 0.938. The molecule has 0 aliphatic heterocycles. The molecule has 1 aromatic carbocycles. The molecular weight excluding hydrogens is 285 g/mol. The third-order valence-electron chi connectivity index (χ3n) is 2.55. The first-order valence-corrected chi connectivity index (χ1v) is 6.55. The molecule has 0 saturated heterocycles. The van der Waals surface area contributed by atoms with Gasteiger partial charge in [-0.15, -0.1) is 0 Å². The molecule has 100 valence electrons. The molecule has 1 heterocycles. The van der Waals surface area contributed by atoms with Crippen molar-refractivity contribution in [3.63, 3.8) is 0 Å². The topological polar surface area (TPSA) is 46.9 Å². The van der Waals surface area contributed by atoms with Crippen LogP contribution >= 0.6 is 23.2 Å². The highest BCUT2D eigenvalue weighted by atomic mass is 35.5. The van der Waals surface area contributed by atoms with Gasteiger partial charge in [0.2, 0.25) is 5.91 Å². The van der Waals surface area contributed by atoms with Crippen molar-refractivity contribution in [2.24, 2.45) is 0 Å². The number of rotatable bonds is 4. The molecule has 0 spiro atoms. The number of carbonyl (C=O) groups excluding carboxylic acids is 1. The van der Waals surface area contributed by atoms with Gasteiger partial charge in [0.15, 0.2) is 0 Å². The zero-order valence-corrected chi connectivity index (χ0v) is 11.9. The fraction of sp³-hybridized carbons (Fsp3) is 0.231. The Morgan fingerprint density at radius 2 is 2.11 bits per heavy atom. The summed E-state index contributed by atoms with van der Waals surface area (Å²) in [6, 6.07) is 6.89. The van der Waals surface area contributed by atoms with Gasteiger partial charge in [-0.2, -0.15) is 5.10 Å². The van der Waals surface area contributed by atoms with Crippen LogP contribution in [0.4, 0.5) is 5.69 Å². The summed E-state index contributed by atoms with van der Waals surface area (Å²) in [6.45, 7) is 2.45. The van der Waals surface area contributed by atoms with E-state index in [-0.39, 0.29) is 5.91 Å². The van der Waals surface area contributed by atoms with E-state index in [1.54, 1.807) is 22.9 Å². The SMILES string of the molecule is Cc1ccn(CCC(=O)Nc2ccc(Cl)c(Cl)c2)n1. The van der Waals surface area contributed by atoms with Crippen LogP contribution in [0.1, 0.15) is 12.1 Å². The summed E-state index contributed by atoms with van der Waals surface area (Å²) in [5.41, 5.74) is 1.57. The molecule has 1 amide bonds. The Hall–Kier alpha value is -1.52. The van der Waals surface area contributed by atoms with Crippen molar-refractivity contribution in [2.45, 2.75) is 19.9 Å². The molecule has 0 bridgehead atoms. The second-order valence-electron chi connectivity index (χ2n) is 4.15.